The molecule has 0 saturated carbocycles. The van der Waals surface area contributed by atoms with E-state index in [9.17, 15) is 4.79 Å². The lowest BCUT2D eigenvalue weighted by molar-refractivity contribution is 0.203. The Morgan fingerprint density at radius 2 is 1.76 bits per heavy atom. The number of hydrogen-bond acceptors (Lipinski definition) is 3. The number of aryl methyl sites for hydroxylation is 2. The summed E-state index contributed by atoms with van der Waals surface area (Å²) in [6, 6.07) is 13.5. The first-order valence-corrected chi connectivity index (χ1v) is 6.70. The Morgan fingerprint density at radius 3 is 2.33 bits per heavy atom. The molecule has 0 bridgehead atoms. The molecule has 0 atom stereocenters. The van der Waals surface area contributed by atoms with Crippen LogP contribution in [0.15, 0.2) is 47.5 Å². The number of nitrogens with one attached hydrogen (secondary N) is 1. The molecule has 0 spiro atoms. The minimum Gasteiger partial charge on any atom is -0.410 e. The fourth-order valence-electron chi connectivity index (χ4n) is 2.01. The molecule has 4 nitrogen and oxygen atoms in total. The molecule has 0 aliphatic rings. The van der Waals surface area contributed by atoms with Gasteiger partial charge in [0.05, 0.1) is 5.69 Å². The van der Waals surface area contributed by atoms with Crippen LogP contribution in [0.5, 0.6) is 5.75 Å². The standard InChI is InChI=1S/C17H18N2O2/c1-12-9-15(21-17(20)18-3)10-13(2)16(12)19-11-14-7-5-4-6-8-14/h4-11H,1-3H3,(H,18,20)/b19-11+. The molecule has 2 rings (SSSR count). The zero-order chi connectivity index (χ0) is 15.2. The van der Waals surface area contributed by atoms with Gasteiger partial charge in [0, 0.05) is 13.3 Å². The molecule has 0 unspecified atom stereocenters. The average Bonchev–Trinajstić information content (AvgIpc) is 2.47. The van der Waals surface area contributed by atoms with E-state index in [-0.39, 0.29) is 0 Å². The Balaban J connectivity index is 2.25. The number of amides is 1. The van der Waals surface area contributed by atoms with Crippen molar-refractivity contribution in [2.24, 2.45) is 4.99 Å². The van der Waals surface area contributed by atoms with E-state index in [1.54, 1.807) is 12.1 Å². The second kappa shape index (κ2) is 6.70. The maximum atomic E-state index is 11.2. The van der Waals surface area contributed by atoms with E-state index in [1.165, 1.54) is 7.05 Å². The number of ether oxygens (including phenoxy) is 1. The van der Waals surface area contributed by atoms with Crippen LogP contribution in [0, 0.1) is 13.8 Å². The van der Waals surface area contributed by atoms with Gasteiger partial charge in [0.25, 0.3) is 0 Å². The summed E-state index contributed by atoms with van der Waals surface area (Å²) in [5.74, 6) is 0.517. The summed E-state index contributed by atoms with van der Waals surface area (Å²) in [5, 5.41) is 2.42. The van der Waals surface area contributed by atoms with Crippen molar-refractivity contribution in [3.63, 3.8) is 0 Å². The molecular formula is C17H18N2O2. The minimum absolute atomic E-state index is 0.477. The highest BCUT2D eigenvalue weighted by molar-refractivity contribution is 5.82. The highest BCUT2D eigenvalue weighted by atomic mass is 16.5. The molecule has 2 aromatic rings. The Kier molecular flexibility index (Phi) is 4.72. The van der Waals surface area contributed by atoms with Gasteiger partial charge in [-0.3, -0.25) is 4.99 Å². The molecule has 0 fully saturated rings. The van der Waals surface area contributed by atoms with Crippen LogP contribution in [-0.2, 0) is 0 Å². The molecule has 108 valence electrons. The molecule has 1 N–H and O–H groups in total. The van der Waals surface area contributed by atoms with Crippen molar-refractivity contribution >= 4 is 18.0 Å². The van der Waals surface area contributed by atoms with Gasteiger partial charge in [0.1, 0.15) is 5.75 Å². The fraction of sp³-hybridized carbons (Fsp3) is 0.176. The van der Waals surface area contributed by atoms with E-state index in [1.807, 2.05) is 50.4 Å². The van der Waals surface area contributed by atoms with Gasteiger partial charge in [-0.15, -0.1) is 0 Å². The van der Waals surface area contributed by atoms with Gasteiger partial charge in [0.15, 0.2) is 0 Å². The van der Waals surface area contributed by atoms with Crippen molar-refractivity contribution < 1.29 is 9.53 Å². The Bertz CT molecular complexity index is 641. The third-order valence-corrected chi connectivity index (χ3v) is 3.02. The lowest BCUT2D eigenvalue weighted by Gasteiger charge is -2.09. The van der Waals surface area contributed by atoms with E-state index >= 15 is 0 Å². The van der Waals surface area contributed by atoms with Crippen LogP contribution >= 0.6 is 0 Å². The van der Waals surface area contributed by atoms with Crippen molar-refractivity contribution in [2.45, 2.75) is 13.8 Å². The van der Waals surface area contributed by atoms with Crippen LogP contribution in [0.4, 0.5) is 10.5 Å². The summed E-state index contributed by atoms with van der Waals surface area (Å²) in [7, 11) is 1.53. The topological polar surface area (TPSA) is 50.7 Å². The lowest BCUT2D eigenvalue weighted by atomic mass is 10.1. The third kappa shape index (κ3) is 3.92. The molecule has 21 heavy (non-hydrogen) atoms. The summed E-state index contributed by atoms with van der Waals surface area (Å²) < 4.78 is 5.14. The van der Waals surface area contributed by atoms with Crippen LogP contribution in [0.25, 0.3) is 0 Å². The van der Waals surface area contributed by atoms with E-state index in [0.717, 1.165) is 22.4 Å². The van der Waals surface area contributed by atoms with E-state index in [4.69, 9.17) is 4.74 Å². The molecule has 0 saturated heterocycles. The van der Waals surface area contributed by atoms with Crippen molar-refractivity contribution in [3.8, 4) is 5.75 Å². The van der Waals surface area contributed by atoms with Gasteiger partial charge in [0.2, 0.25) is 0 Å². The zero-order valence-electron chi connectivity index (χ0n) is 12.4. The summed E-state index contributed by atoms with van der Waals surface area (Å²) in [4.78, 5) is 15.8. The first kappa shape index (κ1) is 14.8. The normalized spacial score (nSPS) is 10.6. The smallest absolute Gasteiger partial charge is 0.410 e. The largest absolute Gasteiger partial charge is 0.412 e. The molecule has 2 aromatic carbocycles. The van der Waals surface area contributed by atoms with Crippen molar-refractivity contribution in [1.29, 1.82) is 0 Å². The number of carbonyl (C=O) groups excluding carboxylic acids is 1. The predicted molar refractivity (Wildman–Crippen MR) is 84.7 cm³/mol. The van der Waals surface area contributed by atoms with E-state index in [0.29, 0.717) is 5.75 Å². The van der Waals surface area contributed by atoms with Gasteiger partial charge in [-0.2, -0.15) is 0 Å². The SMILES string of the molecule is CNC(=O)Oc1cc(C)c(/N=C/c2ccccc2)c(C)c1. The van der Waals surface area contributed by atoms with Crippen molar-refractivity contribution in [1.82, 2.24) is 5.32 Å². The van der Waals surface area contributed by atoms with Crippen molar-refractivity contribution in [3.05, 3.63) is 59.2 Å². The van der Waals surface area contributed by atoms with Gasteiger partial charge in [-0.1, -0.05) is 30.3 Å². The maximum absolute atomic E-state index is 11.2. The monoisotopic (exact) mass is 282 g/mol. The van der Waals surface area contributed by atoms with Crippen LogP contribution in [-0.4, -0.2) is 19.4 Å². The van der Waals surface area contributed by atoms with E-state index < -0.39 is 6.09 Å². The molecule has 0 heterocycles. The lowest BCUT2D eigenvalue weighted by Crippen LogP contribution is -2.22. The first-order valence-electron chi connectivity index (χ1n) is 6.70. The van der Waals surface area contributed by atoms with Crippen molar-refractivity contribution in [2.75, 3.05) is 7.05 Å². The number of carbonyl (C=O) groups is 1. The molecule has 1 amide bonds. The fourth-order valence-corrected chi connectivity index (χ4v) is 2.01. The predicted octanol–water partition coefficient (Wildman–Crippen LogP) is 3.77. The summed E-state index contributed by atoms with van der Waals surface area (Å²) >= 11 is 0. The molecule has 4 heteroatoms. The molecule has 0 aliphatic heterocycles. The second-order valence-electron chi connectivity index (χ2n) is 4.71. The average molecular weight is 282 g/mol. The Morgan fingerprint density at radius 1 is 1.14 bits per heavy atom. The first-order chi connectivity index (χ1) is 10.1. The summed E-state index contributed by atoms with van der Waals surface area (Å²) in [6.07, 6.45) is 1.35. The number of nitrogens with zero attached hydrogens (tertiary/aromatic N) is 1. The number of aliphatic imine (C=N–C) groups is 1. The maximum Gasteiger partial charge on any atom is 0.412 e. The number of benzene rings is 2. The molecule has 0 radical (unpaired) electrons. The highest BCUT2D eigenvalue weighted by Crippen LogP contribution is 2.28. The highest BCUT2D eigenvalue weighted by Gasteiger charge is 2.07. The quantitative estimate of drug-likeness (QED) is 0.871. The van der Waals surface area contributed by atoms with Gasteiger partial charge < -0.3 is 10.1 Å². The minimum atomic E-state index is -0.477. The van der Waals surface area contributed by atoms with E-state index in [2.05, 4.69) is 10.3 Å². The second-order valence-corrected chi connectivity index (χ2v) is 4.71. The molecular weight excluding hydrogens is 264 g/mol. The Hall–Kier alpha value is -2.62. The van der Waals surface area contributed by atoms with Gasteiger partial charge in [-0.05, 0) is 42.7 Å². The van der Waals surface area contributed by atoms with Crippen LogP contribution in [0.2, 0.25) is 0 Å². The summed E-state index contributed by atoms with van der Waals surface area (Å²) in [6.45, 7) is 3.89. The van der Waals surface area contributed by atoms with Gasteiger partial charge >= 0.3 is 6.09 Å². The Labute approximate surface area is 124 Å². The molecule has 0 aliphatic carbocycles. The van der Waals surface area contributed by atoms with Crippen LogP contribution in [0.3, 0.4) is 0 Å². The number of hydrogen-bond donors (Lipinski definition) is 1. The van der Waals surface area contributed by atoms with Crippen LogP contribution < -0.4 is 10.1 Å². The van der Waals surface area contributed by atoms with Crippen LogP contribution in [0.1, 0.15) is 16.7 Å². The zero-order valence-corrected chi connectivity index (χ0v) is 12.4. The molecule has 0 aromatic heterocycles. The number of rotatable bonds is 3. The third-order valence-electron chi connectivity index (χ3n) is 3.02. The summed E-state index contributed by atoms with van der Waals surface area (Å²) in [5.41, 5.74) is 3.85. The van der Waals surface area contributed by atoms with Gasteiger partial charge in [-0.25, -0.2) is 4.79 Å².